The highest BCUT2D eigenvalue weighted by Crippen LogP contribution is 2.17. The van der Waals surface area contributed by atoms with Gasteiger partial charge in [0.05, 0.1) is 12.8 Å². The van der Waals surface area contributed by atoms with Gasteiger partial charge in [-0.05, 0) is 26.0 Å². The molecule has 0 N–H and O–H groups in total. The number of carbonyl (C=O) groups is 1. The van der Waals surface area contributed by atoms with Crippen molar-refractivity contribution >= 4 is 5.97 Å². The largest absolute Gasteiger partial charge is 0.464 e. The zero-order valence-electron chi connectivity index (χ0n) is 10.3. The SMILES string of the molecule is CCOC(OCC)c1cccc(C(=O)OC)n1. The van der Waals surface area contributed by atoms with Gasteiger partial charge in [0.1, 0.15) is 5.69 Å². The standard InChI is InChI=1S/C12H17NO4/c1-4-16-12(17-5-2)10-8-6-7-9(13-10)11(14)15-3/h6-8,12H,4-5H2,1-3H3. The highest BCUT2D eigenvalue weighted by atomic mass is 16.7. The van der Waals surface area contributed by atoms with Crippen LogP contribution in [-0.2, 0) is 14.2 Å². The molecule has 0 saturated heterocycles. The summed E-state index contributed by atoms with van der Waals surface area (Å²) < 4.78 is 15.4. The number of hydrogen-bond acceptors (Lipinski definition) is 5. The molecule has 5 nitrogen and oxygen atoms in total. The molecule has 0 saturated carbocycles. The summed E-state index contributed by atoms with van der Waals surface area (Å²) in [5, 5.41) is 0. The van der Waals surface area contributed by atoms with E-state index in [4.69, 9.17) is 9.47 Å². The molecule has 0 amide bonds. The third-order valence-corrected chi connectivity index (χ3v) is 2.04. The van der Waals surface area contributed by atoms with Gasteiger partial charge in [-0.1, -0.05) is 6.07 Å². The fourth-order valence-electron chi connectivity index (χ4n) is 1.32. The van der Waals surface area contributed by atoms with Crippen LogP contribution in [0.2, 0.25) is 0 Å². The van der Waals surface area contributed by atoms with Crippen LogP contribution in [0.3, 0.4) is 0 Å². The van der Waals surface area contributed by atoms with Gasteiger partial charge in [-0.15, -0.1) is 0 Å². The van der Waals surface area contributed by atoms with E-state index in [9.17, 15) is 4.79 Å². The predicted molar refractivity (Wildman–Crippen MR) is 61.6 cm³/mol. The summed E-state index contributed by atoms with van der Waals surface area (Å²) in [5.74, 6) is -0.474. The molecule has 5 heteroatoms. The van der Waals surface area contributed by atoms with Gasteiger partial charge in [0.15, 0.2) is 0 Å². The molecule has 0 unspecified atom stereocenters. The van der Waals surface area contributed by atoms with Crippen LogP contribution in [0.15, 0.2) is 18.2 Å². The van der Waals surface area contributed by atoms with Crippen LogP contribution in [0.4, 0.5) is 0 Å². The summed E-state index contributed by atoms with van der Waals surface area (Å²) >= 11 is 0. The van der Waals surface area contributed by atoms with Crippen LogP contribution in [0.5, 0.6) is 0 Å². The van der Waals surface area contributed by atoms with Gasteiger partial charge >= 0.3 is 5.97 Å². The van der Waals surface area contributed by atoms with Crippen molar-refractivity contribution < 1.29 is 19.0 Å². The Labute approximate surface area is 101 Å². The Hall–Kier alpha value is -1.46. The first-order chi connectivity index (χ1) is 8.22. The normalized spacial score (nSPS) is 10.6. The van der Waals surface area contributed by atoms with Crippen molar-refractivity contribution in [3.8, 4) is 0 Å². The lowest BCUT2D eigenvalue weighted by Crippen LogP contribution is -2.13. The Balaban J connectivity index is 2.91. The molecule has 1 heterocycles. The lowest BCUT2D eigenvalue weighted by molar-refractivity contribution is -0.142. The van der Waals surface area contributed by atoms with Gasteiger partial charge in [0.25, 0.3) is 0 Å². The number of carbonyl (C=O) groups excluding carboxylic acids is 1. The van der Waals surface area contributed by atoms with Gasteiger partial charge in [0.2, 0.25) is 6.29 Å². The second-order valence-electron chi connectivity index (χ2n) is 3.18. The fourth-order valence-corrected chi connectivity index (χ4v) is 1.32. The number of hydrogen-bond donors (Lipinski definition) is 0. The first-order valence-electron chi connectivity index (χ1n) is 5.51. The number of esters is 1. The third kappa shape index (κ3) is 3.80. The number of aromatic nitrogens is 1. The predicted octanol–water partition coefficient (Wildman–Crippen LogP) is 1.94. The monoisotopic (exact) mass is 239 g/mol. The summed E-state index contributed by atoms with van der Waals surface area (Å²) in [5.41, 5.74) is 0.811. The van der Waals surface area contributed by atoms with Crippen molar-refractivity contribution in [2.75, 3.05) is 20.3 Å². The Kier molecular flexibility index (Phi) is 5.59. The molecule has 1 rings (SSSR count). The zero-order chi connectivity index (χ0) is 12.7. The lowest BCUT2D eigenvalue weighted by atomic mass is 10.3. The van der Waals surface area contributed by atoms with E-state index >= 15 is 0 Å². The Morgan fingerprint density at radius 2 is 1.94 bits per heavy atom. The first kappa shape index (κ1) is 13.6. The van der Waals surface area contributed by atoms with Gasteiger partial charge in [-0.2, -0.15) is 0 Å². The van der Waals surface area contributed by atoms with Crippen molar-refractivity contribution in [3.05, 3.63) is 29.6 Å². The fraction of sp³-hybridized carbons (Fsp3) is 0.500. The maximum absolute atomic E-state index is 11.3. The van der Waals surface area contributed by atoms with Crippen LogP contribution in [0.25, 0.3) is 0 Å². The van der Waals surface area contributed by atoms with E-state index < -0.39 is 12.3 Å². The quantitative estimate of drug-likeness (QED) is 0.561. The summed E-state index contributed by atoms with van der Waals surface area (Å²) in [6, 6.07) is 5.06. The van der Waals surface area contributed by atoms with Gasteiger partial charge in [-0.25, -0.2) is 9.78 Å². The number of rotatable bonds is 6. The smallest absolute Gasteiger partial charge is 0.356 e. The van der Waals surface area contributed by atoms with Crippen LogP contribution < -0.4 is 0 Å². The Morgan fingerprint density at radius 3 is 2.47 bits per heavy atom. The minimum Gasteiger partial charge on any atom is -0.464 e. The van der Waals surface area contributed by atoms with Crippen LogP contribution in [0, 0.1) is 0 Å². The van der Waals surface area contributed by atoms with Crippen LogP contribution in [0.1, 0.15) is 36.3 Å². The topological polar surface area (TPSA) is 57.7 Å². The van der Waals surface area contributed by atoms with Crippen molar-refractivity contribution in [1.29, 1.82) is 0 Å². The van der Waals surface area contributed by atoms with E-state index in [1.54, 1.807) is 18.2 Å². The van der Waals surface area contributed by atoms with E-state index in [1.165, 1.54) is 7.11 Å². The first-order valence-corrected chi connectivity index (χ1v) is 5.51. The molecule has 0 aliphatic heterocycles. The average Bonchev–Trinajstić information content (AvgIpc) is 2.37. The lowest BCUT2D eigenvalue weighted by Gasteiger charge is -2.16. The highest BCUT2D eigenvalue weighted by Gasteiger charge is 2.15. The summed E-state index contributed by atoms with van der Waals surface area (Å²) in [4.78, 5) is 15.5. The molecule has 17 heavy (non-hydrogen) atoms. The number of ether oxygens (including phenoxy) is 3. The molecule has 0 bridgehead atoms. The van der Waals surface area contributed by atoms with Crippen molar-refractivity contribution in [3.63, 3.8) is 0 Å². The molecular formula is C12H17NO4. The van der Waals surface area contributed by atoms with E-state index in [1.807, 2.05) is 13.8 Å². The number of pyridine rings is 1. The van der Waals surface area contributed by atoms with E-state index in [0.29, 0.717) is 18.9 Å². The Bertz CT molecular complexity index is 361. The van der Waals surface area contributed by atoms with Gasteiger partial charge in [0, 0.05) is 13.2 Å². The molecule has 0 aromatic carbocycles. The molecule has 0 aliphatic rings. The van der Waals surface area contributed by atoms with Gasteiger partial charge in [-0.3, -0.25) is 0 Å². The molecule has 94 valence electrons. The number of nitrogens with zero attached hydrogens (tertiary/aromatic N) is 1. The van der Waals surface area contributed by atoms with Crippen molar-refractivity contribution in [1.82, 2.24) is 4.98 Å². The van der Waals surface area contributed by atoms with Crippen LogP contribution >= 0.6 is 0 Å². The minimum absolute atomic E-state index is 0.245. The average molecular weight is 239 g/mol. The molecule has 1 aromatic heterocycles. The third-order valence-electron chi connectivity index (χ3n) is 2.04. The van der Waals surface area contributed by atoms with Crippen LogP contribution in [-0.4, -0.2) is 31.3 Å². The molecule has 1 aromatic rings. The zero-order valence-corrected chi connectivity index (χ0v) is 10.3. The highest BCUT2D eigenvalue weighted by molar-refractivity contribution is 5.87. The van der Waals surface area contributed by atoms with E-state index in [2.05, 4.69) is 9.72 Å². The van der Waals surface area contributed by atoms with Crippen molar-refractivity contribution in [2.45, 2.75) is 20.1 Å². The molecule has 0 aliphatic carbocycles. The molecule has 0 fully saturated rings. The second kappa shape index (κ2) is 6.98. The summed E-state index contributed by atoms with van der Waals surface area (Å²) in [6.07, 6.45) is -0.547. The minimum atomic E-state index is -0.547. The van der Waals surface area contributed by atoms with Crippen molar-refractivity contribution in [2.24, 2.45) is 0 Å². The second-order valence-corrected chi connectivity index (χ2v) is 3.18. The summed E-state index contributed by atoms with van der Waals surface area (Å²) in [7, 11) is 1.32. The molecular weight excluding hydrogens is 222 g/mol. The Morgan fingerprint density at radius 1 is 1.29 bits per heavy atom. The number of methoxy groups -OCH3 is 1. The summed E-state index contributed by atoms with van der Waals surface area (Å²) in [6.45, 7) is 4.76. The molecule has 0 spiro atoms. The molecule has 0 atom stereocenters. The maximum Gasteiger partial charge on any atom is 0.356 e. The molecule has 0 radical (unpaired) electrons. The maximum atomic E-state index is 11.3. The van der Waals surface area contributed by atoms with E-state index in [0.717, 1.165) is 0 Å². The van der Waals surface area contributed by atoms with Gasteiger partial charge < -0.3 is 14.2 Å². The van der Waals surface area contributed by atoms with E-state index in [-0.39, 0.29) is 5.69 Å².